The van der Waals surface area contributed by atoms with Crippen LogP contribution in [0.1, 0.15) is 27.7 Å². The number of nitrogens with zero attached hydrogens (tertiary/aromatic N) is 2. The van der Waals surface area contributed by atoms with Gasteiger partial charge in [0, 0.05) is 12.7 Å². The maximum atomic E-state index is 11.9. The number of anilines is 1. The summed E-state index contributed by atoms with van der Waals surface area (Å²) in [7, 11) is 1.84. The number of hydrogen-bond acceptors (Lipinski definition) is 2. The van der Waals surface area contributed by atoms with Crippen LogP contribution in [0.4, 0.5) is 5.69 Å². The zero-order valence-corrected chi connectivity index (χ0v) is 11.4. The van der Waals surface area contributed by atoms with Crippen LogP contribution in [0.15, 0.2) is 30.3 Å². The van der Waals surface area contributed by atoms with Crippen LogP contribution in [-0.2, 0) is 4.79 Å². The van der Waals surface area contributed by atoms with Crippen molar-refractivity contribution >= 4 is 11.6 Å². The van der Waals surface area contributed by atoms with E-state index in [9.17, 15) is 4.79 Å². The second-order valence-electron chi connectivity index (χ2n) is 4.47. The molecule has 3 heteroatoms. The molecule has 1 heterocycles. The van der Waals surface area contributed by atoms with Crippen LogP contribution in [0, 0.1) is 0 Å². The minimum atomic E-state index is -0.434. The molecular formula is C14H22N2O. The van der Waals surface area contributed by atoms with E-state index < -0.39 is 5.54 Å². The summed E-state index contributed by atoms with van der Waals surface area (Å²) >= 11 is 0. The first-order chi connectivity index (χ1) is 8.03. The Labute approximate surface area is 104 Å². The van der Waals surface area contributed by atoms with Gasteiger partial charge in [-0.15, -0.1) is 0 Å². The Morgan fingerprint density at radius 1 is 1.12 bits per heavy atom. The lowest BCUT2D eigenvalue weighted by atomic mass is 10.0. The highest BCUT2D eigenvalue weighted by Gasteiger charge is 2.43. The van der Waals surface area contributed by atoms with E-state index >= 15 is 0 Å². The van der Waals surface area contributed by atoms with Gasteiger partial charge >= 0.3 is 0 Å². The lowest BCUT2D eigenvalue weighted by Gasteiger charge is -2.29. The van der Waals surface area contributed by atoms with Crippen LogP contribution in [0.5, 0.6) is 0 Å². The predicted octanol–water partition coefficient (Wildman–Crippen LogP) is 2.73. The summed E-state index contributed by atoms with van der Waals surface area (Å²) in [5.41, 5.74) is 0.663. The monoisotopic (exact) mass is 234 g/mol. The molecular weight excluding hydrogens is 212 g/mol. The molecule has 1 aliphatic rings. The smallest absolute Gasteiger partial charge is 0.249 e. The molecule has 0 radical (unpaired) electrons. The third-order valence-electron chi connectivity index (χ3n) is 2.97. The van der Waals surface area contributed by atoms with Crippen molar-refractivity contribution in [1.29, 1.82) is 0 Å². The number of hydrogen-bond donors (Lipinski definition) is 0. The molecule has 1 amide bonds. The molecule has 0 bridgehead atoms. The Morgan fingerprint density at radius 3 is 2.06 bits per heavy atom. The summed E-state index contributed by atoms with van der Waals surface area (Å²) in [6.45, 7) is 8.59. The zero-order chi connectivity index (χ0) is 13.1. The summed E-state index contributed by atoms with van der Waals surface area (Å²) in [5.74, 6) is 0.173. The van der Waals surface area contributed by atoms with Crippen molar-refractivity contribution in [2.24, 2.45) is 0 Å². The van der Waals surface area contributed by atoms with Gasteiger partial charge in [-0.2, -0.15) is 0 Å². The largest absolute Gasteiger partial charge is 0.340 e. The van der Waals surface area contributed by atoms with E-state index in [0.29, 0.717) is 6.67 Å². The van der Waals surface area contributed by atoms with E-state index in [1.165, 1.54) is 0 Å². The first-order valence-corrected chi connectivity index (χ1v) is 6.12. The average molecular weight is 234 g/mol. The Morgan fingerprint density at radius 2 is 1.65 bits per heavy atom. The summed E-state index contributed by atoms with van der Waals surface area (Å²) in [4.78, 5) is 15.8. The summed E-state index contributed by atoms with van der Waals surface area (Å²) in [5, 5.41) is 0. The molecule has 0 saturated carbocycles. The van der Waals surface area contributed by atoms with E-state index in [-0.39, 0.29) is 5.91 Å². The van der Waals surface area contributed by atoms with Crippen LogP contribution in [0.25, 0.3) is 0 Å². The maximum absolute atomic E-state index is 11.9. The molecule has 3 nitrogen and oxygen atoms in total. The van der Waals surface area contributed by atoms with Crippen LogP contribution in [0.2, 0.25) is 0 Å². The molecule has 0 unspecified atom stereocenters. The summed E-state index contributed by atoms with van der Waals surface area (Å²) in [6, 6.07) is 10.0. The highest BCUT2D eigenvalue weighted by atomic mass is 16.2. The quantitative estimate of drug-likeness (QED) is 0.746. The van der Waals surface area contributed by atoms with Crippen molar-refractivity contribution in [2.45, 2.75) is 33.2 Å². The van der Waals surface area contributed by atoms with Crippen molar-refractivity contribution in [2.75, 3.05) is 18.6 Å². The van der Waals surface area contributed by atoms with Gasteiger partial charge in [-0.1, -0.05) is 32.0 Å². The molecule has 1 aliphatic heterocycles. The zero-order valence-electron chi connectivity index (χ0n) is 11.4. The van der Waals surface area contributed by atoms with Crippen LogP contribution < -0.4 is 4.90 Å². The molecule has 0 aromatic heterocycles. The standard InChI is InChI=1S/C12H16N2O.C2H6/c1-12(2)11(15)13(3)9-14(12)10-7-5-4-6-8-10;1-2/h4-8H,9H2,1-3H3;1-2H3. The minimum absolute atomic E-state index is 0.173. The fourth-order valence-electron chi connectivity index (χ4n) is 2.05. The van der Waals surface area contributed by atoms with Crippen LogP contribution in [-0.4, -0.2) is 30.1 Å². The highest BCUT2D eigenvalue weighted by Crippen LogP contribution is 2.30. The molecule has 0 atom stereocenters. The van der Waals surface area contributed by atoms with Crippen LogP contribution in [0.3, 0.4) is 0 Å². The molecule has 17 heavy (non-hydrogen) atoms. The first-order valence-electron chi connectivity index (χ1n) is 6.12. The number of para-hydroxylation sites is 1. The molecule has 1 saturated heterocycles. The van der Waals surface area contributed by atoms with Gasteiger partial charge in [0.05, 0.1) is 6.67 Å². The Hall–Kier alpha value is -1.51. The fourth-order valence-corrected chi connectivity index (χ4v) is 2.05. The molecule has 2 rings (SSSR count). The van der Waals surface area contributed by atoms with Gasteiger partial charge in [-0.25, -0.2) is 0 Å². The lowest BCUT2D eigenvalue weighted by Crippen LogP contribution is -2.43. The van der Waals surface area contributed by atoms with E-state index in [1.807, 2.05) is 65.1 Å². The number of carbonyl (C=O) groups excluding carboxylic acids is 1. The predicted molar refractivity (Wildman–Crippen MR) is 72.0 cm³/mol. The summed E-state index contributed by atoms with van der Waals surface area (Å²) < 4.78 is 0. The summed E-state index contributed by atoms with van der Waals surface area (Å²) in [6.07, 6.45) is 0. The normalized spacial score (nSPS) is 17.8. The molecule has 1 fully saturated rings. The van der Waals surface area contributed by atoms with Gasteiger partial charge in [0.15, 0.2) is 0 Å². The molecule has 1 aromatic rings. The number of amides is 1. The van der Waals surface area contributed by atoms with E-state index in [2.05, 4.69) is 4.90 Å². The van der Waals surface area contributed by atoms with Crippen molar-refractivity contribution in [3.05, 3.63) is 30.3 Å². The van der Waals surface area contributed by atoms with E-state index in [0.717, 1.165) is 5.69 Å². The molecule has 94 valence electrons. The Balaban J connectivity index is 0.000000686. The third kappa shape index (κ3) is 2.43. The van der Waals surface area contributed by atoms with Gasteiger partial charge in [0.1, 0.15) is 5.54 Å². The SMILES string of the molecule is CC.CN1CN(c2ccccc2)C(C)(C)C1=O. The van der Waals surface area contributed by atoms with Gasteiger partial charge in [-0.05, 0) is 26.0 Å². The first kappa shape index (κ1) is 13.6. The molecule has 1 aromatic carbocycles. The second kappa shape index (κ2) is 5.21. The van der Waals surface area contributed by atoms with Crippen LogP contribution >= 0.6 is 0 Å². The Kier molecular flexibility index (Phi) is 4.16. The fraction of sp³-hybridized carbons (Fsp3) is 0.500. The van der Waals surface area contributed by atoms with E-state index in [1.54, 1.807) is 4.90 Å². The topological polar surface area (TPSA) is 23.6 Å². The number of likely N-dealkylation sites (N-methyl/N-ethyl adjacent to an activating group) is 1. The van der Waals surface area contributed by atoms with Crippen molar-refractivity contribution in [3.63, 3.8) is 0 Å². The average Bonchev–Trinajstić information content (AvgIpc) is 2.56. The number of rotatable bonds is 1. The van der Waals surface area contributed by atoms with Crippen molar-refractivity contribution in [1.82, 2.24) is 4.90 Å². The van der Waals surface area contributed by atoms with Gasteiger partial charge < -0.3 is 9.80 Å². The van der Waals surface area contributed by atoms with Gasteiger partial charge in [0.2, 0.25) is 5.91 Å². The lowest BCUT2D eigenvalue weighted by molar-refractivity contribution is -0.130. The van der Waals surface area contributed by atoms with Crippen molar-refractivity contribution < 1.29 is 4.79 Å². The molecule has 0 spiro atoms. The molecule has 0 aliphatic carbocycles. The second-order valence-corrected chi connectivity index (χ2v) is 4.47. The maximum Gasteiger partial charge on any atom is 0.249 e. The third-order valence-corrected chi connectivity index (χ3v) is 2.97. The van der Waals surface area contributed by atoms with Crippen molar-refractivity contribution in [3.8, 4) is 0 Å². The van der Waals surface area contributed by atoms with E-state index in [4.69, 9.17) is 0 Å². The highest BCUT2D eigenvalue weighted by molar-refractivity contribution is 5.92. The number of benzene rings is 1. The number of carbonyl (C=O) groups is 1. The molecule has 0 N–H and O–H groups in total. The van der Waals surface area contributed by atoms with Gasteiger partial charge in [-0.3, -0.25) is 4.79 Å². The van der Waals surface area contributed by atoms with Gasteiger partial charge in [0.25, 0.3) is 0 Å². The Bertz CT molecular complexity index is 373. The minimum Gasteiger partial charge on any atom is -0.340 e.